The molecule has 12 heavy (non-hydrogen) atoms. The van der Waals surface area contributed by atoms with Crippen molar-refractivity contribution in [3.63, 3.8) is 0 Å². The molecule has 2 N–H and O–H groups in total. The van der Waals surface area contributed by atoms with E-state index in [1.54, 1.807) is 7.11 Å². The summed E-state index contributed by atoms with van der Waals surface area (Å²) in [4.78, 5) is 0. The summed E-state index contributed by atoms with van der Waals surface area (Å²) in [5.74, 6) is 0. The molecule has 0 heterocycles. The highest BCUT2D eigenvalue weighted by atomic mass is 127. The van der Waals surface area contributed by atoms with Crippen molar-refractivity contribution in [2.45, 2.75) is 25.4 Å². The van der Waals surface area contributed by atoms with Crippen LogP contribution in [0.3, 0.4) is 0 Å². The average Bonchev–Trinajstić information content (AvgIpc) is 2.06. The summed E-state index contributed by atoms with van der Waals surface area (Å²) in [7, 11) is 1.74. The first-order chi connectivity index (χ1) is 5.74. The van der Waals surface area contributed by atoms with Crippen molar-refractivity contribution in [3.8, 4) is 0 Å². The number of methoxy groups -OCH3 is 1. The topological polar surface area (TPSA) is 35.2 Å². The molecule has 1 aliphatic carbocycles. The summed E-state index contributed by atoms with van der Waals surface area (Å²) >= 11 is 2.25. The standard InChI is InChI=1S/C9H14INO/c1-12-7-4-2-3-5-9(11)8(10)6-7/h5-7H,2-4,11H2,1H3/b8-6+,9-5+. The van der Waals surface area contributed by atoms with E-state index in [9.17, 15) is 0 Å². The average molecular weight is 279 g/mol. The van der Waals surface area contributed by atoms with Gasteiger partial charge in [0.05, 0.1) is 6.10 Å². The van der Waals surface area contributed by atoms with Gasteiger partial charge in [-0.15, -0.1) is 0 Å². The molecule has 1 rings (SSSR count). The van der Waals surface area contributed by atoms with Gasteiger partial charge in [-0.2, -0.15) is 0 Å². The molecule has 2 nitrogen and oxygen atoms in total. The normalized spacial score (nSPS) is 34.0. The van der Waals surface area contributed by atoms with Crippen molar-refractivity contribution >= 4 is 22.6 Å². The Kier molecular flexibility index (Phi) is 4.08. The van der Waals surface area contributed by atoms with Gasteiger partial charge >= 0.3 is 0 Å². The molecule has 1 aliphatic rings. The van der Waals surface area contributed by atoms with Crippen LogP contribution in [-0.2, 0) is 4.74 Å². The summed E-state index contributed by atoms with van der Waals surface area (Å²) < 4.78 is 6.39. The van der Waals surface area contributed by atoms with E-state index in [2.05, 4.69) is 34.7 Å². The Morgan fingerprint density at radius 3 is 3.08 bits per heavy atom. The molecular formula is C9H14INO. The van der Waals surface area contributed by atoms with Crippen molar-refractivity contribution in [1.29, 1.82) is 0 Å². The third-order valence-electron chi connectivity index (χ3n) is 1.97. The van der Waals surface area contributed by atoms with Crippen LogP contribution in [0.4, 0.5) is 0 Å². The fraction of sp³-hybridized carbons (Fsp3) is 0.556. The summed E-state index contributed by atoms with van der Waals surface area (Å²) in [6, 6.07) is 0. The highest BCUT2D eigenvalue weighted by Crippen LogP contribution is 2.21. The molecule has 0 aromatic rings. The van der Waals surface area contributed by atoms with Gasteiger partial charge in [0.2, 0.25) is 0 Å². The second kappa shape index (κ2) is 4.87. The molecule has 0 aromatic carbocycles. The molecule has 0 aliphatic heterocycles. The largest absolute Gasteiger partial charge is 0.398 e. The van der Waals surface area contributed by atoms with Crippen molar-refractivity contribution in [3.05, 3.63) is 21.4 Å². The molecule has 0 bridgehead atoms. The maximum Gasteiger partial charge on any atom is 0.0766 e. The smallest absolute Gasteiger partial charge is 0.0766 e. The Bertz CT molecular complexity index is 211. The van der Waals surface area contributed by atoms with Gasteiger partial charge in [-0.1, -0.05) is 6.08 Å². The monoisotopic (exact) mass is 279 g/mol. The van der Waals surface area contributed by atoms with E-state index >= 15 is 0 Å². The van der Waals surface area contributed by atoms with E-state index < -0.39 is 0 Å². The molecule has 68 valence electrons. The maximum atomic E-state index is 5.79. The lowest BCUT2D eigenvalue weighted by Crippen LogP contribution is -2.10. The first kappa shape index (κ1) is 10.1. The third-order valence-corrected chi connectivity index (χ3v) is 2.95. The third kappa shape index (κ3) is 2.79. The lowest BCUT2D eigenvalue weighted by molar-refractivity contribution is 0.131. The minimum Gasteiger partial charge on any atom is -0.398 e. The summed E-state index contributed by atoms with van der Waals surface area (Å²) in [5.41, 5.74) is 6.68. The Morgan fingerprint density at radius 1 is 1.67 bits per heavy atom. The van der Waals surface area contributed by atoms with Gasteiger partial charge in [0, 0.05) is 16.4 Å². The fourth-order valence-electron chi connectivity index (χ4n) is 1.20. The van der Waals surface area contributed by atoms with Crippen LogP contribution in [0.5, 0.6) is 0 Å². The highest BCUT2D eigenvalue weighted by molar-refractivity contribution is 14.1. The van der Waals surface area contributed by atoms with E-state index in [4.69, 9.17) is 10.5 Å². The molecule has 1 unspecified atom stereocenters. The van der Waals surface area contributed by atoms with Crippen molar-refractivity contribution in [1.82, 2.24) is 0 Å². The van der Waals surface area contributed by atoms with Gasteiger partial charge in [-0.3, -0.25) is 0 Å². The van der Waals surface area contributed by atoms with Crippen LogP contribution in [0.15, 0.2) is 21.4 Å². The van der Waals surface area contributed by atoms with Gasteiger partial charge in [0.15, 0.2) is 0 Å². The van der Waals surface area contributed by atoms with Gasteiger partial charge in [0.25, 0.3) is 0 Å². The van der Waals surface area contributed by atoms with E-state index in [1.165, 1.54) is 0 Å². The minimum absolute atomic E-state index is 0.240. The second-order valence-electron chi connectivity index (χ2n) is 2.88. The van der Waals surface area contributed by atoms with Crippen LogP contribution in [0.2, 0.25) is 0 Å². The highest BCUT2D eigenvalue weighted by Gasteiger charge is 2.08. The van der Waals surface area contributed by atoms with E-state index in [0.29, 0.717) is 0 Å². The second-order valence-corrected chi connectivity index (χ2v) is 4.04. The molecule has 0 amide bonds. The van der Waals surface area contributed by atoms with Gasteiger partial charge in [-0.05, 0) is 47.9 Å². The zero-order valence-electron chi connectivity index (χ0n) is 7.22. The Hall–Kier alpha value is -0.0300. The molecular weight excluding hydrogens is 265 g/mol. The molecule has 0 saturated heterocycles. The summed E-state index contributed by atoms with van der Waals surface area (Å²) in [6.07, 6.45) is 7.72. The summed E-state index contributed by atoms with van der Waals surface area (Å²) in [6.45, 7) is 0. The van der Waals surface area contributed by atoms with Gasteiger partial charge in [0.1, 0.15) is 0 Å². The number of nitrogens with two attached hydrogens (primary N) is 1. The molecule has 3 heteroatoms. The Labute approximate surface area is 87.0 Å². The van der Waals surface area contributed by atoms with Crippen molar-refractivity contribution in [2.24, 2.45) is 5.73 Å². The first-order valence-electron chi connectivity index (χ1n) is 4.10. The zero-order chi connectivity index (χ0) is 8.97. The predicted molar refractivity (Wildman–Crippen MR) is 59.0 cm³/mol. The van der Waals surface area contributed by atoms with E-state index in [1.807, 2.05) is 0 Å². The van der Waals surface area contributed by atoms with Crippen LogP contribution in [0.25, 0.3) is 0 Å². The fourth-order valence-corrected chi connectivity index (χ4v) is 1.82. The molecule has 0 fully saturated rings. The van der Waals surface area contributed by atoms with E-state index in [-0.39, 0.29) is 6.10 Å². The van der Waals surface area contributed by atoms with E-state index in [0.717, 1.165) is 28.5 Å². The number of hydrogen-bond acceptors (Lipinski definition) is 2. The Morgan fingerprint density at radius 2 is 2.42 bits per heavy atom. The van der Waals surface area contributed by atoms with Crippen molar-refractivity contribution in [2.75, 3.05) is 7.11 Å². The number of halogens is 1. The molecule has 0 saturated carbocycles. The predicted octanol–water partition coefficient (Wildman–Crippen LogP) is 2.35. The summed E-state index contributed by atoms with van der Waals surface area (Å²) in [5, 5.41) is 0. The Balaban J connectivity index is 2.74. The number of rotatable bonds is 1. The molecule has 0 aromatic heterocycles. The lowest BCUT2D eigenvalue weighted by atomic mass is 10.1. The van der Waals surface area contributed by atoms with Crippen LogP contribution in [-0.4, -0.2) is 13.2 Å². The maximum absolute atomic E-state index is 5.79. The quantitative estimate of drug-likeness (QED) is 0.748. The van der Waals surface area contributed by atoms with Crippen LogP contribution in [0.1, 0.15) is 19.3 Å². The number of ether oxygens (including phenoxy) is 1. The number of allylic oxidation sites excluding steroid dienone is 2. The van der Waals surface area contributed by atoms with Crippen LogP contribution in [0, 0.1) is 0 Å². The molecule has 0 radical (unpaired) electrons. The SMILES string of the molecule is COC1/C=C(I)\C(N)=C/CCC1. The van der Waals surface area contributed by atoms with Crippen molar-refractivity contribution < 1.29 is 4.74 Å². The molecule has 0 spiro atoms. The van der Waals surface area contributed by atoms with Crippen LogP contribution >= 0.6 is 22.6 Å². The minimum atomic E-state index is 0.240. The van der Waals surface area contributed by atoms with Gasteiger partial charge in [-0.25, -0.2) is 0 Å². The van der Waals surface area contributed by atoms with Crippen LogP contribution < -0.4 is 5.73 Å². The molecule has 1 atom stereocenters. The van der Waals surface area contributed by atoms with Gasteiger partial charge < -0.3 is 10.5 Å². The zero-order valence-corrected chi connectivity index (χ0v) is 9.37. The lowest BCUT2D eigenvalue weighted by Gasteiger charge is -2.14. The first-order valence-corrected chi connectivity index (χ1v) is 5.18. The number of hydrogen-bond donors (Lipinski definition) is 1.